The van der Waals surface area contributed by atoms with Gasteiger partial charge in [0.2, 0.25) is 5.91 Å². The number of ether oxygens (including phenoxy) is 2. The molecular formula is C63H125NO9. The Balaban J connectivity index is 2.12. The van der Waals surface area contributed by atoms with Crippen molar-refractivity contribution in [3.63, 3.8) is 0 Å². The SMILES string of the molecule is CCCCCCCCCCCCCCCCCCCCCCCCCCCCCCCCCCC(O)C(=O)NC(COC1OC(CO)C(O)C(O)C1O)C(O)CCCCCCCCCCCCCCCCCC. The molecule has 0 saturated carbocycles. The van der Waals surface area contributed by atoms with E-state index < -0.39 is 61.5 Å². The van der Waals surface area contributed by atoms with Crippen molar-refractivity contribution in [1.82, 2.24) is 5.32 Å². The molecule has 0 radical (unpaired) electrons. The molecule has 8 unspecified atom stereocenters. The van der Waals surface area contributed by atoms with Gasteiger partial charge in [0.15, 0.2) is 6.29 Å². The second-order valence-corrected chi connectivity index (χ2v) is 23.1. The fraction of sp³-hybridized carbons (Fsp3) is 0.984. The molecule has 0 aliphatic carbocycles. The highest BCUT2D eigenvalue weighted by Gasteiger charge is 2.44. The summed E-state index contributed by atoms with van der Waals surface area (Å²) in [6.07, 6.45) is 54.8. The van der Waals surface area contributed by atoms with Crippen LogP contribution >= 0.6 is 0 Å². The van der Waals surface area contributed by atoms with E-state index in [1.807, 2.05) is 0 Å². The van der Waals surface area contributed by atoms with E-state index >= 15 is 0 Å². The third kappa shape index (κ3) is 41.9. The van der Waals surface area contributed by atoms with Crippen LogP contribution in [0.1, 0.15) is 335 Å². The molecule has 1 saturated heterocycles. The van der Waals surface area contributed by atoms with E-state index in [4.69, 9.17) is 9.47 Å². The Hall–Kier alpha value is -0.850. The molecule has 1 heterocycles. The van der Waals surface area contributed by atoms with E-state index in [0.717, 1.165) is 38.5 Å². The predicted molar refractivity (Wildman–Crippen MR) is 306 cm³/mol. The molecular weight excluding hydrogens is 915 g/mol. The molecule has 73 heavy (non-hydrogen) atoms. The molecule has 0 aromatic rings. The van der Waals surface area contributed by atoms with Gasteiger partial charge in [-0.2, -0.15) is 0 Å². The first kappa shape index (κ1) is 70.2. The molecule has 8 atom stereocenters. The Labute approximate surface area is 451 Å². The van der Waals surface area contributed by atoms with Gasteiger partial charge >= 0.3 is 0 Å². The van der Waals surface area contributed by atoms with Gasteiger partial charge in [0.1, 0.15) is 30.5 Å². The number of aliphatic hydroxyl groups excluding tert-OH is 6. The van der Waals surface area contributed by atoms with Crippen LogP contribution in [0.2, 0.25) is 0 Å². The van der Waals surface area contributed by atoms with Gasteiger partial charge in [0.05, 0.1) is 25.4 Å². The van der Waals surface area contributed by atoms with Crippen molar-refractivity contribution in [3.8, 4) is 0 Å². The van der Waals surface area contributed by atoms with Crippen LogP contribution in [0.15, 0.2) is 0 Å². The average molecular weight is 1040 g/mol. The van der Waals surface area contributed by atoms with Crippen LogP contribution in [-0.2, 0) is 14.3 Å². The monoisotopic (exact) mass is 1040 g/mol. The van der Waals surface area contributed by atoms with Gasteiger partial charge in [0.25, 0.3) is 0 Å². The maximum absolute atomic E-state index is 13.2. The third-order valence-corrected chi connectivity index (χ3v) is 16.1. The van der Waals surface area contributed by atoms with Gasteiger partial charge in [-0.15, -0.1) is 0 Å². The topological polar surface area (TPSA) is 169 Å². The number of unbranched alkanes of at least 4 members (excludes halogenated alkanes) is 46. The number of hydrogen-bond donors (Lipinski definition) is 7. The summed E-state index contributed by atoms with van der Waals surface area (Å²) in [5.41, 5.74) is 0. The minimum absolute atomic E-state index is 0.249. The van der Waals surface area contributed by atoms with E-state index in [-0.39, 0.29) is 6.61 Å². The lowest BCUT2D eigenvalue weighted by Crippen LogP contribution is -2.60. The molecule has 0 aromatic heterocycles. The Morgan fingerprint density at radius 1 is 0.411 bits per heavy atom. The second kappa shape index (κ2) is 53.2. The molecule has 0 aromatic carbocycles. The van der Waals surface area contributed by atoms with Gasteiger partial charge in [-0.3, -0.25) is 4.79 Å². The van der Waals surface area contributed by atoms with E-state index in [2.05, 4.69) is 19.2 Å². The van der Waals surface area contributed by atoms with E-state index in [1.54, 1.807) is 0 Å². The van der Waals surface area contributed by atoms with Gasteiger partial charge in [-0.05, 0) is 12.8 Å². The summed E-state index contributed by atoms with van der Waals surface area (Å²) in [7, 11) is 0. The summed E-state index contributed by atoms with van der Waals surface area (Å²) in [5, 5.41) is 65.3. The van der Waals surface area contributed by atoms with Crippen LogP contribution in [-0.4, -0.2) is 98.7 Å². The second-order valence-electron chi connectivity index (χ2n) is 23.1. The fourth-order valence-electron chi connectivity index (χ4n) is 10.9. The minimum Gasteiger partial charge on any atom is -0.394 e. The summed E-state index contributed by atoms with van der Waals surface area (Å²) >= 11 is 0. The molecule has 436 valence electrons. The molecule has 7 N–H and O–H groups in total. The van der Waals surface area contributed by atoms with Crippen molar-refractivity contribution in [1.29, 1.82) is 0 Å². The van der Waals surface area contributed by atoms with E-state index in [0.29, 0.717) is 12.8 Å². The molecule has 10 nitrogen and oxygen atoms in total. The number of carbonyl (C=O) groups is 1. The van der Waals surface area contributed by atoms with E-state index in [1.165, 1.54) is 270 Å². The summed E-state index contributed by atoms with van der Waals surface area (Å²) in [6, 6.07) is -0.890. The van der Waals surface area contributed by atoms with Crippen molar-refractivity contribution < 1.29 is 44.9 Å². The molecule has 1 aliphatic rings. The quantitative estimate of drug-likeness (QED) is 0.0293. The predicted octanol–water partition coefficient (Wildman–Crippen LogP) is 15.6. The summed E-state index contributed by atoms with van der Waals surface area (Å²) in [5.74, 6) is -0.575. The number of aliphatic hydroxyl groups is 6. The van der Waals surface area contributed by atoms with Crippen LogP contribution < -0.4 is 5.32 Å². The molecule has 0 spiro atoms. The van der Waals surface area contributed by atoms with Gasteiger partial charge in [-0.1, -0.05) is 322 Å². The van der Waals surface area contributed by atoms with Crippen LogP contribution in [0.3, 0.4) is 0 Å². The van der Waals surface area contributed by atoms with Gasteiger partial charge in [0, 0.05) is 0 Å². The summed E-state index contributed by atoms with van der Waals surface area (Å²) < 4.78 is 11.3. The lowest BCUT2D eigenvalue weighted by atomic mass is 9.99. The fourth-order valence-corrected chi connectivity index (χ4v) is 10.9. The lowest BCUT2D eigenvalue weighted by molar-refractivity contribution is -0.302. The highest BCUT2D eigenvalue weighted by atomic mass is 16.7. The highest BCUT2D eigenvalue weighted by Crippen LogP contribution is 2.24. The number of carbonyl (C=O) groups excluding carboxylic acids is 1. The Kier molecular flexibility index (Phi) is 51.1. The normalized spacial score (nSPS) is 19.4. The molecule has 1 aliphatic heterocycles. The van der Waals surface area contributed by atoms with E-state index in [9.17, 15) is 35.4 Å². The Morgan fingerprint density at radius 2 is 0.685 bits per heavy atom. The zero-order valence-corrected chi connectivity index (χ0v) is 48.3. The van der Waals surface area contributed by atoms with Crippen LogP contribution in [0, 0.1) is 0 Å². The largest absolute Gasteiger partial charge is 0.394 e. The third-order valence-electron chi connectivity index (χ3n) is 16.1. The minimum atomic E-state index is -1.59. The molecule has 1 amide bonds. The standard InChI is InChI=1S/C63H125NO9/c1-3-5-7-9-11-13-15-17-19-21-22-23-24-25-26-27-28-29-30-31-32-33-34-35-36-38-40-42-44-46-48-50-52-57(67)62(71)64-55(54-72-63-61(70)60(69)59(68)58(53-65)73-63)56(66)51-49-47-45-43-41-39-37-20-18-16-14-12-10-8-6-4-2/h55-61,63,65-70H,3-54H2,1-2H3,(H,64,71). The van der Waals surface area contributed by atoms with Crippen molar-refractivity contribution >= 4 is 5.91 Å². The van der Waals surface area contributed by atoms with Crippen LogP contribution in [0.5, 0.6) is 0 Å². The number of nitrogens with one attached hydrogen (secondary N) is 1. The first-order valence-corrected chi connectivity index (χ1v) is 32.3. The molecule has 1 fully saturated rings. The number of hydrogen-bond acceptors (Lipinski definition) is 9. The highest BCUT2D eigenvalue weighted by molar-refractivity contribution is 5.80. The number of rotatable bonds is 57. The first-order valence-electron chi connectivity index (χ1n) is 32.3. The maximum Gasteiger partial charge on any atom is 0.249 e. The molecule has 10 heteroatoms. The number of amides is 1. The van der Waals surface area contributed by atoms with Crippen molar-refractivity contribution in [2.75, 3.05) is 13.2 Å². The van der Waals surface area contributed by atoms with Gasteiger partial charge < -0.3 is 45.4 Å². The zero-order chi connectivity index (χ0) is 53.1. The van der Waals surface area contributed by atoms with Crippen molar-refractivity contribution in [3.05, 3.63) is 0 Å². The molecule has 0 bridgehead atoms. The summed E-state index contributed by atoms with van der Waals surface area (Å²) in [6.45, 7) is 3.73. The van der Waals surface area contributed by atoms with Crippen LogP contribution in [0.25, 0.3) is 0 Å². The van der Waals surface area contributed by atoms with Crippen molar-refractivity contribution in [2.45, 2.75) is 384 Å². The first-order chi connectivity index (χ1) is 35.8. The summed E-state index contributed by atoms with van der Waals surface area (Å²) in [4.78, 5) is 13.2. The van der Waals surface area contributed by atoms with Crippen molar-refractivity contribution in [2.24, 2.45) is 0 Å². The lowest BCUT2D eigenvalue weighted by Gasteiger charge is -2.40. The zero-order valence-electron chi connectivity index (χ0n) is 48.3. The maximum atomic E-state index is 13.2. The average Bonchev–Trinajstić information content (AvgIpc) is 3.39. The molecule has 1 rings (SSSR count). The Bertz CT molecular complexity index is 1130. The van der Waals surface area contributed by atoms with Crippen LogP contribution in [0.4, 0.5) is 0 Å². The Morgan fingerprint density at radius 3 is 0.973 bits per heavy atom. The smallest absolute Gasteiger partial charge is 0.249 e. The van der Waals surface area contributed by atoms with Gasteiger partial charge in [-0.25, -0.2) is 0 Å².